The van der Waals surface area contributed by atoms with Crippen molar-refractivity contribution in [3.63, 3.8) is 0 Å². The van der Waals surface area contributed by atoms with Crippen LogP contribution in [0.2, 0.25) is 0 Å². The third-order valence-electron chi connectivity index (χ3n) is 3.03. The lowest BCUT2D eigenvalue weighted by molar-refractivity contribution is 0.0600. The second-order valence-electron chi connectivity index (χ2n) is 4.37. The number of halogens is 3. The maximum Gasteiger partial charge on any atom is 0.339 e. The Bertz CT molecular complexity index is 892. The van der Waals surface area contributed by atoms with E-state index in [1.165, 1.54) is 30.0 Å². The zero-order valence-corrected chi connectivity index (χ0v) is 11.2. The lowest BCUT2D eigenvalue weighted by Gasteiger charge is -1.99. The van der Waals surface area contributed by atoms with E-state index >= 15 is 0 Å². The van der Waals surface area contributed by atoms with Crippen LogP contribution < -0.4 is 0 Å². The minimum Gasteiger partial charge on any atom is -0.465 e. The Hall–Kier alpha value is -2.90. The molecular weight excluding hydrogens is 299 g/mol. The molecule has 0 unspecified atom stereocenters. The fraction of sp³-hybridized carbons (Fsp3) is 0.0714. The summed E-state index contributed by atoms with van der Waals surface area (Å²) in [5, 5.41) is 3.96. The molecule has 0 amide bonds. The van der Waals surface area contributed by atoms with Crippen molar-refractivity contribution < 1.29 is 22.7 Å². The number of carbonyl (C=O) groups is 1. The standard InChI is InChI=1S/C14H8F3N3O2/c1-22-14(21)7-2-5-10-18-13(19-20(10)6-7)8-3-4-9(15)12(17)11(8)16/h2-6H,1H3. The number of esters is 1. The maximum absolute atomic E-state index is 13.8. The number of aromatic nitrogens is 3. The van der Waals surface area contributed by atoms with Gasteiger partial charge in [-0.1, -0.05) is 0 Å². The lowest BCUT2D eigenvalue weighted by Crippen LogP contribution is -2.03. The maximum atomic E-state index is 13.8. The van der Waals surface area contributed by atoms with E-state index in [9.17, 15) is 18.0 Å². The van der Waals surface area contributed by atoms with Gasteiger partial charge in [0.25, 0.3) is 0 Å². The molecule has 0 aliphatic carbocycles. The number of hydrogen-bond donors (Lipinski definition) is 0. The summed E-state index contributed by atoms with van der Waals surface area (Å²) in [6, 6.07) is 4.77. The molecule has 0 aliphatic rings. The van der Waals surface area contributed by atoms with Crippen LogP contribution in [0, 0.1) is 17.5 Å². The third kappa shape index (κ3) is 2.18. The van der Waals surface area contributed by atoms with Gasteiger partial charge < -0.3 is 4.74 Å². The molecule has 3 rings (SSSR count). The first-order chi connectivity index (χ1) is 10.5. The lowest BCUT2D eigenvalue weighted by atomic mass is 10.2. The molecule has 0 radical (unpaired) electrons. The highest BCUT2D eigenvalue weighted by molar-refractivity contribution is 5.89. The number of nitrogens with zero attached hydrogens (tertiary/aromatic N) is 3. The second kappa shape index (κ2) is 5.14. The highest BCUT2D eigenvalue weighted by Crippen LogP contribution is 2.24. The van der Waals surface area contributed by atoms with E-state index in [1.54, 1.807) is 0 Å². The highest BCUT2D eigenvalue weighted by Gasteiger charge is 2.18. The van der Waals surface area contributed by atoms with Crippen molar-refractivity contribution in [2.75, 3.05) is 7.11 Å². The normalized spacial score (nSPS) is 10.9. The Balaban J connectivity index is 2.13. The Labute approximate surface area is 122 Å². The summed E-state index contributed by atoms with van der Waals surface area (Å²) < 4.78 is 45.8. The van der Waals surface area contributed by atoms with Gasteiger partial charge in [0.05, 0.1) is 18.2 Å². The van der Waals surface area contributed by atoms with Crippen LogP contribution >= 0.6 is 0 Å². The molecule has 0 saturated carbocycles. The molecule has 0 bridgehead atoms. The van der Waals surface area contributed by atoms with Crippen LogP contribution in [-0.2, 0) is 4.74 Å². The first-order valence-electron chi connectivity index (χ1n) is 6.10. The summed E-state index contributed by atoms with van der Waals surface area (Å²) in [7, 11) is 1.23. The van der Waals surface area contributed by atoms with Crippen LogP contribution in [0.5, 0.6) is 0 Å². The van der Waals surface area contributed by atoms with E-state index in [2.05, 4.69) is 14.8 Å². The molecule has 3 aromatic rings. The first-order valence-corrected chi connectivity index (χ1v) is 6.10. The smallest absolute Gasteiger partial charge is 0.339 e. The van der Waals surface area contributed by atoms with Gasteiger partial charge in [0.1, 0.15) is 0 Å². The number of hydrogen-bond acceptors (Lipinski definition) is 4. The van der Waals surface area contributed by atoms with Crippen molar-refractivity contribution in [2.24, 2.45) is 0 Å². The Morgan fingerprint density at radius 1 is 1.14 bits per heavy atom. The first kappa shape index (κ1) is 14.1. The number of ether oxygens (including phenoxy) is 1. The Morgan fingerprint density at radius 2 is 1.91 bits per heavy atom. The molecule has 0 saturated heterocycles. The van der Waals surface area contributed by atoms with E-state index in [1.807, 2.05) is 0 Å². The molecule has 0 N–H and O–H groups in total. The fourth-order valence-electron chi connectivity index (χ4n) is 1.93. The Morgan fingerprint density at radius 3 is 2.64 bits per heavy atom. The van der Waals surface area contributed by atoms with Gasteiger partial charge in [0.2, 0.25) is 0 Å². The quantitative estimate of drug-likeness (QED) is 0.539. The van der Waals surface area contributed by atoms with E-state index in [-0.39, 0.29) is 17.0 Å². The minimum absolute atomic E-state index is 0.126. The Kier molecular flexibility index (Phi) is 3.28. The SMILES string of the molecule is COC(=O)c1ccc2nc(-c3ccc(F)c(F)c3F)nn2c1. The molecule has 0 atom stereocenters. The topological polar surface area (TPSA) is 56.5 Å². The van der Waals surface area contributed by atoms with Crippen molar-refractivity contribution >= 4 is 11.6 Å². The fourth-order valence-corrected chi connectivity index (χ4v) is 1.93. The van der Waals surface area contributed by atoms with Crippen molar-refractivity contribution in [1.82, 2.24) is 14.6 Å². The van der Waals surface area contributed by atoms with E-state index in [0.717, 1.165) is 12.1 Å². The second-order valence-corrected chi connectivity index (χ2v) is 4.37. The molecule has 0 aliphatic heterocycles. The summed E-state index contributed by atoms with van der Waals surface area (Å²) in [4.78, 5) is 15.4. The number of carbonyl (C=O) groups excluding carboxylic acids is 1. The number of pyridine rings is 1. The van der Waals surface area contributed by atoms with Gasteiger partial charge >= 0.3 is 5.97 Å². The van der Waals surface area contributed by atoms with Crippen LogP contribution in [0.4, 0.5) is 13.2 Å². The summed E-state index contributed by atoms with van der Waals surface area (Å²) in [5.74, 6) is -4.95. The van der Waals surface area contributed by atoms with Gasteiger partial charge in [-0.25, -0.2) is 27.5 Å². The molecule has 5 nitrogen and oxygen atoms in total. The van der Waals surface area contributed by atoms with Crippen molar-refractivity contribution in [1.29, 1.82) is 0 Å². The number of fused-ring (bicyclic) bond motifs is 1. The molecule has 0 fully saturated rings. The van der Waals surface area contributed by atoms with Crippen LogP contribution in [0.25, 0.3) is 17.0 Å². The van der Waals surface area contributed by atoms with Gasteiger partial charge in [-0.3, -0.25) is 0 Å². The molecule has 0 spiro atoms. The molecule has 22 heavy (non-hydrogen) atoms. The van der Waals surface area contributed by atoms with E-state index in [4.69, 9.17) is 0 Å². The predicted octanol–water partition coefficient (Wildman–Crippen LogP) is 2.60. The third-order valence-corrected chi connectivity index (χ3v) is 3.03. The van der Waals surface area contributed by atoms with Gasteiger partial charge in [-0.15, -0.1) is 5.10 Å². The number of methoxy groups -OCH3 is 1. The zero-order chi connectivity index (χ0) is 15.9. The number of benzene rings is 1. The summed E-state index contributed by atoms with van der Waals surface area (Å²) >= 11 is 0. The van der Waals surface area contributed by atoms with Crippen LogP contribution in [0.3, 0.4) is 0 Å². The molecule has 1 aromatic carbocycles. The molecule has 2 heterocycles. The van der Waals surface area contributed by atoms with Crippen molar-refractivity contribution in [3.8, 4) is 11.4 Å². The number of rotatable bonds is 2. The van der Waals surface area contributed by atoms with E-state index < -0.39 is 23.4 Å². The van der Waals surface area contributed by atoms with Crippen LogP contribution in [-0.4, -0.2) is 27.7 Å². The monoisotopic (exact) mass is 307 g/mol. The average molecular weight is 307 g/mol. The molecule has 2 aromatic heterocycles. The van der Waals surface area contributed by atoms with Crippen LogP contribution in [0.15, 0.2) is 30.5 Å². The van der Waals surface area contributed by atoms with E-state index in [0.29, 0.717) is 5.65 Å². The molecule has 8 heteroatoms. The van der Waals surface area contributed by atoms with Crippen molar-refractivity contribution in [2.45, 2.75) is 0 Å². The highest BCUT2D eigenvalue weighted by atomic mass is 19.2. The van der Waals surface area contributed by atoms with Gasteiger partial charge in [0.15, 0.2) is 28.9 Å². The molecular formula is C14H8F3N3O2. The molecule has 112 valence electrons. The minimum atomic E-state index is -1.59. The predicted molar refractivity (Wildman–Crippen MR) is 69.6 cm³/mol. The summed E-state index contributed by atoms with van der Waals surface area (Å²) in [6.07, 6.45) is 1.34. The van der Waals surface area contributed by atoms with Crippen molar-refractivity contribution in [3.05, 3.63) is 53.5 Å². The largest absolute Gasteiger partial charge is 0.465 e. The average Bonchev–Trinajstić information content (AvgIpc) is 2.94. The summed E-state index contributed by atoms with van der Waals surface area (Å²) in [6.45, 7) is 0. The van der Waals surface area contributed by atoms with Gasteiger partial charge in [-0.2, -0.15) is 0 Å². The van der Waals surface area contributed by atoms with Crippen LogP contribution in [0.1, 0.15) is 10.4 Å². The van der Waals surface area contributed by atoms with Gasteiger partial charge in [0, 0.05) is 6.20 Å². The summed E-state index contributed by atoms with van der Waals surface area (Å²) in [5.41, 5.74) is 0.256. The zero-order valence-electron chi connectivity index (χ0n) is 11.2. The van der Waals surface area contributed by atoms with Gasteiger partial charge in [-0.05, 0) is 24.3 Å².